The molecule has 0 radical (unpaired) electrons. The second-order valence-electron chi connectivity index (χ2n) is 5.76. The Morgan fingerprint density at radius 3 is 2.88 bits per heavy atom. The highest BCUT2D eigenvalue weighted by Gasteiger charge is 2.25. The van der Waals surface area contributed by atoms with Crippen LogP contribution in [0.4, 0.5) is 5.82 Å². The van der Waals surface area contributed by atoms with Gasteiger partial charge in [0.05, 0.1) is 11.3 Å². The summed E-state index contributed by atoms with van der Waals surface area (Å²) in [5, 5.41) is 0. The molecule has 2 heterocycles. The Labute approximate surface area is 103 Å². The van der Waals surface area contributed by atoms with Crippen LogP contribution >= 0.6 is 0 Å². The fraction of sp³-hybridized carbons (Fsp3) is 0.769. The van der Waals surface area contributed by atoms with Gasteiger partial charge >= 0.3 is 0 Å². The number of ether oxygens (including phenoxy) is 1. The molecule has 0 aromatic carbocycles. The van der Waals surface area contributed by atoms with Crippen LogP contribution in [-0.2, 0) is 24.1 Å². The monoisotopic (exact) mass is 237 g/mol. The highest BCUT2D eigenvalue weighted by molar-refractivity contribution is 5.39. The second-order valence-corrected chi connectivity index (χ2v) is 5.76. The van der Waals surface area contributed by atoms with Gasteiger partial charge in [-0.05, 0) is 26.2 Å². The fourth-order valence-corrected chi connectivity index (χ4v) is 2.35. The fourth-order valence-electron chi connectivity index (χ4n) is 2.35. The zero-order valence-electron chi connectivity index (χ0n) is 11.3. The number of fused-ring (bicyclic) bond motifs is 1. The average Bonchev–Trinajstić information content (AvgIpc) is 2.56. The smallest absolute Gasteiger partial charge is 0.126 e. The molecule has 96 valence electrons. The van der Waals surface area contributed by atoms with Crippen LogP contribution in [0.2, 0.25) is 0 Å². The molecule has 1 unspecified atom stereocenters. The quantitative estimate of drug-likeness (QED) is 0.875. The minimum absolute atomic E-state index is 0.204. The van der Waals surface area contributed by atoms with Crippen molar-refractivity contribution in [3.05, 3.63) is 11.5 Å². The maximum Gasteiger partial charge on any atom is 0.126 e. The van der Waals surface area contributed by atoms with Gasteiger partial charge in [0.15, 0.2) is 0 Å². The van der Waals surface area contributed by atoms with Gasteiger partial charge in [-0.1, -0.05) is 6.92 Å². The normalized spacial score (nSPS) is 20.4. The van der Waals surface area contributed by atoms with Gasteiger partial charge in [-0.2, -0.15) is 0 Å². The minimum Gasteiger partial charge on any atom is -0.384 e. The highest BCUT2D eigenvalue weighted by atomic mass is 16.5. The largest absolute Gasteiger partial charge is 0.384 e. The molecule has 1 aliphatic heterocycles. The number of aromatic nitrogens is 2. The predicted octanol–water partition coefficient (Wildman–Crippen LogP) is 2.02. The number of nitrogen functional groups attached to an aromatic ring is 1. The predicted molar refractivity (Wildman–Crippen MR) is 68.9 cm³/mol. The Morgan fingerprint density at radius 1 is 1.53 bits per heavy atom. The summed E-state index contributed by atoms with van der Waals surface area (Å²) in [6.45, 7) is 7.39. The number of anilines is 1. The van der Waals surface area contributed by atoms with Crippen molar-refractivity contribution in [1.29, 1.82) is 0 Å². The zero-order valence-corrected chi connectivity index (χ0v) is 11.3. The molecule has 2 N–H and O–H groups in total. The van der Waals surface area contributed by atoms with Crippen LogP contribution in [0.5, 0.6) is 0 Å². The summed E-state index contributed by atoms with van der Waals surface area (Å²) in [4.78, 5) is 4.68. The molecule has 2 rings (SSSR count). The Kier molecular flexibility index (Phi) is 3.17. The number of hydrogen-bond acceptors (Lipinski definition) is 3. The number of rotatable bonds is 3. The van der Waals surface area contributed by atoms with Crippen molar-refractivity contribution in [2.75, 3.05) is 12.8 Å². The van der Waals surface area contributed by atoms with E-state index in [1.54, 1.807) is 7.11 Å². The lowest BCUT2D eigenvalue weighted by molar-refractivity contribution is 0.0226. The lowest BCUT2D eigenvalue weighted by Crippen LogP contribution is -2.26. The summed E-state index contributed by atoms with van der Waals surface area (Å²) in [7, 11) is 1.73. The maximum absolute atomic E-state index is 6.19. The van der Waals surface area contributed by atoms with E-state index in [2.05, 4.69) is 30.3 Å². The van der Waals surface area contributed by atoms with Crippen molar-refractivity contribution in [3.8, 4) is 0 Å². The third-order valence-corrected chi connectivity index (χ3v) is 3.66. The molecular formula is C13H23N3O. The molecule has 0 saturated heterocycles. The van der Waals surface area contributed by atoms with E-state index in [0.29, 0.717) is 5.92 Å². The van der Waals surface area contributed by atoms with Crippen LogP contribution < -0.4 is 5.73 Å². The van der Waals surface area contributed by atoms with Crippen molar-refractivity contribution in [2.24, 2.45) is 5.92 Å². The third-order valence-electron chi connectivity index (χ3n) is 3.66. The molecule has 1 aromatic rings. The van der Waals surface area contributed by atoms with Crippen LogP contribution in [0.1, 0.15) is 38.7 Å². The molecule has 1 atom stereocenters. The molecule has 4 nitrogen and oxygen atoms in total. The Morgan fingerprint density at radius 2 is 2.24 bits per heavy atom. The molecule has 17 heavy (non-hydrogen) atoms. The molecule has 0 spiro atoms. The first-order chi connectivity index (χ1) is 7.93. The van der Waals surface area contributed by atoms with Crippen LogP contribution in [0, 0.1) is 5.92 Å². The first kappa shape index (κ1) is 12.4. The summed E-state index contributed by atoms with van der Waals surface area (Å²) in [5.41, 5.74) is 6.98. The van der Waals surface area contributed by atoms with Crippen molar-refractivity contribution in [1.82, 2.24) is 9.55 Å². The summed E-state index contributed by atoms with van der Waals surface area (Å²) in [6, 6.07) is 0. The number of hydrogen-bond donors (Lipinski definition) is 1. The van der Waals surface area contributed by atoms with Crippen molar-refractivity contribution < 1.29 is 4.74 Å². The van der Waals surface area contributed by atoms with Gasteiger partial charge in [-0.15, -0.1) is 0 Å². The number of aryl methyl sites for hydroxylation is 1. The van der Waals surface area contributed by atoms with E-state index in [4.69, 9.17) is 10.5 Å². The SMILES string of the molecule is COC(C)(C)Cc1nc2n(c1N)CC(C)CC2. The van der Waals surface area contributed by atoms with E-state index in [9.17, 15) is 0 Å². The standard InChI is InChI=1S/C13H23N3O/c1-9-5-6-11-15-10(7-13(2,3)17-4)12(14)16(11)8-9/h9H,5-8,14H2,1-4H3. The Bertz CT molecular complexity index is 409. The van der Waals surface area contributed by atoms with E-state index in [-0.39, 0.29) is 5.60 Å². The van der Waals surface area contributed by atoms with E-state index in [1.807, 2.05) is 0 Å². The Balaban J connectivity index is 2.26. The third kappa shape index (κ3) is 2.46. The van der Waals surface area contributed by atoms with Gasteiger partial charge < -0.3 is 15.0 Å². The lowest BCUT2D eigenvalue weighted by atomic mass is 10.0. The van der Waals surface area contributed by atoms with Gasteiger partial charge in [0.2, 0.25) is 0 Å². The van der Waals surface area contributed by atoms with Crippen LogP contribution in [0.3, 0.4) is 0 Å². The Hall–Kier alpha value is -1.03. The number of imidazole rings is 1. The van der Waals surface area contributed by atoms with Gasteiger partial charge in [0, 0.05) is 26.5 Å². The number of nitrogens with zero attached hydrogens (tertiary/aromatic N) is 2. The second kappa shape index (κ2) is 4.33. The van der Waals surface area contributed by atoms with Crippen molar-refractivity contribution >= 4 is 5.82 Å². The molecule has 1 aromatic heterocycles. The van der Waals surface area contributed by atoms with Gasteiger partial charge in [-0.3, -0.25) is 0 Å². The first-order valence-corrected chi connectivity index (χ1v) is 6.32. The molecule has 0 aliphatic carbocycles. The topological polar surface area (TPSA) is 53.1 Å². The highest BCUT2D eigenvalue weighted by Crippen LogP contribution is 2.27. The summed E-state index contributed by atoms with van der Waals surface area (Å²) >= 11 is 0. The molecule has 0 fully saturated rings. The minimum atomic E-state index is -0.204. The van der Waals surface area contributed by atoms with E-state index >= 15 is 0 Å². The molecular weight excluding hydrogens is 214 g/mol. The molecule has 1 aliphatic rings. The van der Waals surface area contributed by atoms with Gasteiger partial charge in [0.1, 0.15) is 11.6 Å². The number of nitrogens with two attached hydrogens (primary N) is 1. The zero-order chi connectivity index (χ0) is 12.6. The summed E-state index contributed by atoms with van der Waals surface area (Å²) < 4.78 is 7.62. The van der Waals surface area contributed by atoms with Gasteiger partial charge in [0.25, 0.3) is 0 Å². The molecule has 0 saturated carbocycles. The molecule has 0 bridgehead atoms. The first-order valence-electron chi connectivity index (χ1n) is 6.32. The van der Waals surface area contributed by atoms with E-state index in [1.165, 1.54) is 6.42 Å². The van der Waals surface area contributed by atoms with Crippen LogP contribution in [0.25, 0.3) is 0 Å². The van der Waals surface area contributed by atoms with Crippen molar-refractivity contribution in [3.63, 3.8) is 0 Å². The van der Waals surface area contributed by atoms with E-state index in [0.717, 1.165) is 36.7 Å². The molecule has 4 heteroatoms. The van der Waals surface area contributed by atoms with Crippen LogP contribution in [-0.4, -0.2) is 22.3 Å². The van der Waals surface area contributed by atoms with Crippen molar-refractivity contribution in [2.45, 2.75) is 52.2 Å². The average molecular weight is 237 g/mol. The van der Waals surface area contributed by atoms with Crippen LogP contribution in [0.15, 0.2) is 0 Å². The maximum atomic E-state index is 6.19. The summed E-state index contributed by atoms with van der Waals surface area (Å²) in [6.07, 6.45) is 3.02. The van der Waals surface area contributed by atoms with E-state index < -0.39 is 0 Å². The lowest BCUT2D eigenvalue weighted by Gasteiger charge is -2.22. The number of methoxy groups -OCH3 is 1. The summed E-state index contributed by atoms with van der Waals surface area (Å²) in [5.74, 6) is 2.67. The molecule has 0 amide bonds. The van der Waals surface area contributed by atoms with Gasteiger partial charge in [-0.25, -0.2) is 4.98 Å².